The van der Waals surface area contributed by atoms with Gasteiger partial charge < -0.3 is 14.8 Å². The second-order valence-electron chi connectivity index (χ2n) is 4.68. The van der Waals surface area contributed by atoms with E-state index in [0.717, 1.165) is 25.3 Å². The molecule has 0 aliphatic rings. The molecule has 0 spiro atoms. The zero-order valence-electron chi connectivity index (χ0n) is 12.0. The van der Waals surface area contributed by atoms with Crippen molar-refractivity contribution in [1.29, 1.82) is 0 Å². The number of hydrogen-bond donors (Lipinski definition) is 2. The van der Waals surface area contributed by atoms with Crippen LogP contribution in [0.4, 0.5) is 0 Å². The lowest BCUT2D eigenvalue weighted by atomic mass is 9.80. The summed E-state index contributed by atoms with van der Waals surface area (Å²) >= 11 is 0. The number of ether oxygens (including phenoxy) is 1. The first-order valence-electron chi connectivity index (χ1n) is 6.91. The highest BCUT2D eigenvalue weighted by molar-refractivity contribution is 6.58. The van der Waals surface area contributed by atoms with Crippen molar-refractivity contribution >= 4 is 12.6 Å². The fourth-order valence-electron chi connectivity index (χ4n) is 1.97. The summed E-state index contributed by atoms with van der Waals surface area (Å²) in [5.41, 5.74) is 0.474. The largest absolute Gasteiger partial charge is 0.492 e. The summed E-state index contributed by atoms with van der Waals surface area (Å²) in [5.74, 6) is 0.754. The van der Waals surface area contributed by atoms with Crippen LogP contribution in [0, 0.1) is 0 Å². The third kappa shape index (κ3) is 5.23. The van der Waals surface area contributed by atoms with Crippen LogP contribution in [0.2, 0.25) is 0 Å². The summed E-state index contributed by atoms with van der Waals surface area (Å²) in [6.07, 6.45) is 1.14. The van der Waals surface area contributed by atoms with Crippen LogP contribution in [0.1, 0.15) is 27.2 Å². The fourth-order valence-corrected chi connectivity index (χ4v) is 1.97. The van der Waals surface area contributed by atoms with Crippen molar-refractivity contribution < 1.29 is 14.8 Å². The number of hydrogen-bond acceptors (Lipinski definition) is 4. The van der Waals surface area contributed by atoms with Gasteiger partial charge in [-0.1, -0.05) is 26.0 Å². The molecule has 0 saturated carbocycles. The minimum absolute atomic E-state index is 0.474. The van der Waals surface area contributed by atoms with Crippen molar-refractivity contribution in [2.24, 2.45) is 0 Å². The van der Waals surface area contributed by atoms with Gasteiger partial charge in [-0.05, 0) is 37.5 Å². The lowest BCUT2D eigenvalue weighted by Crippen LogP contribution is -2.35. The Morgan fingerprint density at radius 1 is 1.21 bits per heavy atom. The average molecular weight is 265 g/mol. The fraction of sp³-hybridized carbons (Fsp3) is 0.571. The Morgan fingerprint density at radius 3 is 2.32 bits per heavy atom. The predicted molar refractivity (Wildman–Crippen MR) is 78.8 cm³/mol. The van der Waals surface area contributed by atoms with Gasteiger partial charge in [-0.2, -0.15) is 0 Å². The number of rotatable bonds is 8. The number of nitrogens with zero attached hydrogens (tertiary/aromatic N) is 1. The van der Waals surface area contributed by atoms with Gasteiger partial charge in [0.2, 0.25) is 0 Å². The molecular weight excluding hydrogens is 241 g/mol. The van der Waals surface area contributed by atoms with Gasteiger partial charge in [0.15, 0.2) is 0 Å². The maximum atomic E-state index is 8.99. The molecule has 1 aromatic carbocycles. The van der Waals surface area contributed by atoms with Crippen LogP contribution in [-0.2, 0) is 0 Å². The van der Waals surface area contributed by atoms with E-state index in [1.165, 1.54) is 0 Å². The third-order valence-electron chi connectivity index (χ3n) is 3.45. The van der Waals surface area contributed by atoms with E-state index in [1.54, 1.807) is 24.3 Å². The lowest BCUT2D eigenvalue weighted by molar-refractivity contribution is 0.171. The molecule has 0 radical (unpaired) electrons. The quantitative estimate of drug-likeness (QED) is 0.685. The van der Waals surface area contributed by atoms with Crippen LogP contribution in [0.15, 0.2) is 24.3 Å². The Bertz CT molecular complexity index is 356. The van der Waals surface area contributed by atoms with Crippen molar-refractivity contribution in [3.05, 3.63) is 24.3 Å². The standard InChI is InChI=1S/C14H24BNO3/c1-4-12(3)16(5-2)10-11-19-14-8-6-13(7-9-14)15(17)18/h6-9,12,17-18H,4-5,10-11H2,1-3H3. The van der Waals surface area contributed by atoms with E-state index in [1.807, 2.05) is 0 Å². The molecule has 1 unspecified atom stereocenters. The van der Waals surface area contributed by atoms with Crippen molar-refractivity contribution in [2.75, 3.05) is 19.7 Å². The summed E-state index contributed by atoms with van der Waals surface area (Å²) in [6, 6.07) is 7.40. The van der Waals surface area contributed by atoms with Crippen LogP contribution in [-0.4, -0.2) is 47.8 Å². The number of benzene rings is 1. The molecule has 1 rings (SSSR count). The normalized spacial score (nSPS) is 12.5. The van der Waals surface area contributed by atoms with Gasteiger partial charge >= 0.3 is 7.12 Å². The molecule has 0 amide bonds. The molecular formula is C14H24BNO3. The minimum atomic E-state index is -1.42. The Labute approximate surface area is 116 Å². The van der Waals surface area contributed by atoms with Gasteiger partial charge in [-0.3, -0.25) is 4.90 Å². The zero-order valence-corrected chi connectivity index (χ0v) is 12.0. The molecule has 0 bridgehead atoms. The SMILES string of the molecule is CCC(C)N(CC)CCOc1ccc(B(O)O)cc1. The second-order valence-corrected chi connectivity index (χ2v) is 4.68. The maximum Gasteiger partial charge on any atom is 0.488 e. The monoisotopic (exact) mass is 265 g/mol. The molecule has 106 valence electrons. The molecule has 0 heterocycles. The summed E-state index contributed by atoms with van der Waals surface area (Å²) in [4.78, 5) is 2.38. The van der Waals surface area contributed by atoms with E-state index in [9.17, 15) is 0 Å². The summed E-state index contributed by atoms with van der Waals surface area (Å²) < 4.78 is 5.66. The van der Waals surface area contributed by atoms with Gasteiger partial charge in [0.05, 0.1) is 0 Å². The molecule has 0 saturated heterocycles. The maximum absolute atomic E-state index is 8.99. The molecule has 1 atom stereocenters. The Balaban J connectivity index is 2.40. The number of likely N-dealkylation sites (N-methyl/N-ethyl adjacent to an activating group) is 1. The van der Waals surface area contributed by atoms with Crippen LogP contribution >= 0.6 is 0 Å². The zero-order chi connectivity index (χ0) is 14.3. The Kier molecular flexibility index (Phi) is 6.91. The predicted octanol–water partition coefficient (Wildman–Crippen LogP) is 0.866. The molecule has 0 aliphatic heterocycles. The summed E-state index contributed by atoms with van der Waals surface area (Å²) in [5, 5.41) is 18.0. The van der Waals surface area contributed by atoms with Gasteiger partial charge in [-0.15, -0.1) is 0 Å². The van der Waals surface area contributed by atoms with Gasteiger partial charge in [0, 0.05) is 12.6 Å². The van der Waals surface area contributed by atoms with Gasteiger partial charge in [0.25, 0.3) is 0 Å². The third-order valence-corrected chi connectivity index (χ3v) is 3.45. The summed E-state index contributed by atoms with van der Waals surface area (Å²) in [7, 11) is -1.42. The van der Waals surface area contributed by atoms with Crippen LogP contribution in [0.25, 0.3) is 0 Å². The van der Waals surface area contributed by atoms with E-state index in [-0.39, 0.29) is 0 Å². The molecule has 0 fully saturated rings. The first kappa shape index (κ1) is 16.0. The van der Waals surface area contributed by atoms with Crippen molar-refractivity contribution in [1.82, 2.24) is 4.90 Å². The van der Waals surface area contributed by atoms with Crippen LogP contribution in [0.3, 0.4) is 0 Å². The Hall–Kier alpha value is -1.04. The molecule has 4 nitrogen and oxygen atoms in total. The molecule has 2 N–H and O–H groups in total. The molecule has 5 heteroatoms. The van der Waals surface area contributed by atoms with Crippen molar-refractivity contribution in [2.45, 2.75) is 33.2 Å². The van der Waals surface area contributed by atoms with Gasteiger partial charge in [0.1, 0.15) is 12.4 Å². The molecule has 1 aromatic rings. The van der Waals surface area contributed by atoms with Crippen LogP contribution in [0.5, 0.6) is 5.75 Å². The second kappa shape index (κ2) is 8.20. The van der Waals surface area contributed by atoms with E-state index in [0.29, 0.717) is 18.1 Å². The smallest absolute Gasteiger partial charge is 0.488 e. The van der Waals surface area contributed by atoms with E-state index >= 15 is 0 Å². The molecule has 0 aliphatic carbocycles. The molecule has 19 heavy (non-hydrogen) atoms. The van der Waals surface area contributed by atoms with E-state index in [4.69, 9.17) is 14.8 Å². The highest BCUT2D eigenvalue weighted by atomic mass is 16.5. The van der Waals surface area contributed by atoms with Crippen LogP contribution < -0.4 is 10.2 Å². The highest BCUT2D eigenvalue weighted by Gasteiger charge is 2.11. The first-order chi connectivity index (χ1) is 9.08. The van der Waals surface area contributed by atoms with E-state index < -0.39 is 7.12 Å². The van der Waals surface area contributed by atoms with Gasteiger partial charge in [-0.25, -0.2) is 0 Å². The highest BCUT2D eigenvalue weighted by Crippen LogP contribution is 2.08. The Morgan fingerprint density at radius 2 is 1.84 bits per heavy atom. The topological polar surface area (TPSA) is 52.9 Å². The average Bonchev–Trinajstić information content (AvgIpc) is 2.43. The van der Waals surface area contributed by atoms with Crippen molar-refractivity contribution in [3.63, 3.8) is 0 Å². The minimum Gasteiger partial charge on any atom is -0.492 e. The van der Waals surface area contributed by atoms with Crippen molar-refractivity contribution in [3.8, 4) is 5.75 Å². The summed E-state index contributed by atoms with van der Waals surface area (Å²) in [6.45, 7) is 9.13. The lowest BCUT2D eigenvalue weighted by Gasteiger charge is -2.26. The van der Waals surface area contributed by atoms with E-state index in [2.05, 4.69) is 25.7 Å². The first-order valence-corrected chi connectivity index (χ1v) is 6.91. The molecule has 0 aromatic heterocycles.